The zero-order valence-electron chi connectivity index (χ0n) is 21.5. The lowest BCUT2D eigenvalue weighted by Gasteiger charge is -2.30. The lowest BCUT2D eigenvalue weighted by atomic mass is 9.78. The lowest BCUT2D eigenvalue weighted by molar-refractivity contribution is -0.124. The van der Waals surface area contributed by atoms with Crippen LogP contribution in [0, 0.1) is 11.8 Å². The average molecular weight is 450 g/mol. The van der Waals surface area contributed by atoms with Crippen molar-refractivity contribution in [2.75, 3.05) is 7.11 Å². The standard InChI is InChI=1S/C30H43NO2/c1-22(2)12-10-13-23(3)14-11-15-24(4)18-19-27-20-28(30(33-6)29(32)25(27)5)31-21-26-16-8-7-9-17-26/h7-9,12,14,16-18,25,27,31H,10-11,13,15,19-21H2,1-6H3/b23-14+,24-18+/t25?,27-/m1/s1. The van der Waals surface area contributed by atoms with Crippen molar-refractivity contribution in [3.8, 4) is 0 Å². The molecule has 1 aliphatic carbocycles. The molecule has 0 spiro atoms. The van der Waals surface area contributed by atoms with Gasteiger partial charge >= 0.3 is 0 Å². The molecule has 1 aliphatic rings. The van der Waals surface area contributed by atoms with Crippen LogP contribution in [0.25, 0.3) is 0 Å². The Morgan fingerprint density at radius 2 is 1.64 bits per heavy atom. The quantitative estimate of drug-likeness (QED) is 0.333. The first kappa shape index (κ1) is 26.7. The van der Waals surface area contributed by atoms with Gasteiger partial charge in [-0.25, -0.2) is 0 Å². The second-order valence-corrected chi connectivity index (χ2v) is 9.66. The van der Waals surface area contributed by atoms with E-state index < -0.39 is 0 Å². The zero-order chi connectivity index (χ0) is 24.2. The predicted octanol–water partition coefficient (Wildman–Crippen LogP) is 7.67. The van der Waals surface area contributed by atoms with E-state index in [9.17, 15) is 4.79 Å². The van der Waals surface area contributed by atoms with Crippen molar-refractivity contribution in [3.63, 3.8) is 0 Å². The van der Waals surface area contributed by atoms with Crippen LogP contribution in [0.5, 0.6) is 0 Å². The van der Waals surface area contributed by atoms with E-state index >= 15 is 0 Å². The van der Waals surface area contributed by atoms with Gasteiger partial charge in [0.15, 0.2) is 5.76 Å². The first-order chi connectivity index (χ1) is 15.8. The van der Waals surface area contributed by atoms with Crippen molar-refractivity contribution in [2.24, 2.45) is 11.8 Å². The molecule has 0 heterocycles. The summed E-state index contributed by atoms with van der Waals surface area (Å²) in [4.78, 5) is 13.0. The molecule has 0 radical (unpaired) electrons. The highest BCUT2D eigenvalue weighted by Crippen LogP contribution is 2.34. The summed E-state index contributed by atoms with van der Waals surface area (Å²) in [5, 5.41) is 3.48. The van der Waals surface area contributed by atoms with Crippen molar-refractivity contribution < 1.29 is 9.53 Å². The first-order valence-electron chi connectivity index (χ1n) is 12.4. The van der Waals surface area contributed by atoms with Crippen molar-refractivity contribution in [3.05, 3.63) is 82.3 Å². The molecule has 180 valence electrons. The Hall–Kier alpha value is -2.55. The van der Waals surface area contributed by atoms with Crippen LogP contribution < -0.4 is 5.32 Å². The molecule has 1 N–H and O–H groups in total. The van der Waals surface area contributed by atoms with Crippen molar-refractivity contribution in [1.82, 2.24) is 5.32 Å². The average Bonchev–Trinajstić information content (AvgIpc) is 2.79. The summed E-state index contributed by atoms with van der Waals surface area (Å²) >= 11 is 0. The van der Waals surface area contributed by atoms with Gasteiger partial charge in [-0.05, 0) is 77.7 Å². The van der Waals surface area contributed by atoms with Crippen molar-refractivity contribution in [2.45, 2.75) is 79.7 Å². The third kappa shape index (κ3) is 9.07. The Balaban J connectivity index is 1.92. The minimum Gasteiger partial charge on any atom is -0.491 e. The SMILES string of the molecule is COC1=C(NCc2ccccc2)C[C@@H](C/C=C(\C)CC/C=C(\C)CCC=C(C)C)C(C)C1=O. The van der Waals surface area contributed by atoms with E-state index in [0.717, 1.165) is 44.2 Å². The van der Waals surface area contributed by atoms with Gasteiger partial charge in [0.25, 0.3) is 0 Å². The molecular weight excluding hydrogens is 406 g/mol. The molecule has 1 aromatic rings. The topological polar surface area (TPSA) is 38.3 Å². The van der Waals surface area contributed by atoms with Gasteiger partial charge in [0.05, 0.1) is 12.8 Å². The number of rotatable bonds is 12. The number of methoxy groups -OCH3 is 1. The van der Waals surface area contributed by atoms with Gasteiger partial charge in [-0.2, -0.15) is 0 Å². The molecular formula is C30H43NO2. The van der Waals surface area contributed by atoms with Crippen LogP contribution in [0.2, 0.25) is 0 Å². The number of ketones is 1. The summed E-state index contributed by atoms with van der Waals surface area (Å²) in [6, 6.07) is 10.3. The van der Waals surface area contributed by atoms with Gasteiger partial charge in [0.1, 0.15) is 0 Å². The summed E-state index contributed by atoms with van der Waals surface area (Å²) < 4.78 is 5.51. The number of ether oxygens (including phenoxy) is 1. The van der Waals surface area contributed by atoms with E-state index in [4.69, 9.17) is 4.74 Å². The maximum atomic E-state index is 13.0. The van der Waals surface area contributed by atoms with E-state index in [0.29, 0.717) is 18.2 Å². The van der Waals surface area contributed by atoms with Gasteiger partial charge in [0, 0.05) is 12.5 Å². The summed E-state index contributed by atoms with van der Waals surface area (Å²) in [5.74, 6) is 0.892. The Bertz CT molecular complexity index is 885. The van der Waals surface area contributed by atoms with E-state index in [1.165, 1.54) is 22.3 Å². The minimum atomic E-state index is -0.0245. The molecule has 33 heavy (non-hydrogen) atoms. The number of hydrogen-bond donors (Lipinski definition) is 1. The molecule has 0 fully saturated rings. The Morgan fingerprint density at radius 3 is 2.27 bits per heavy atom. The smallest absolute Gasteiger partial charge is 0.202 e. The number of hydrogen-bond acceptors (Lipinski definition) is 3. The molecule has 3 heteroatoms. The molecule has 1 aromatic carbocycles. The zero-order valence-corrected chi connectivity index (χ0v) is 21.5. The third-order valence-corrected chi connectivity index (χ3v) is 6.53. The second kappa shape index (κ2) is 13.9. The highest BCUT2D eigenvalue weighted by atomic mass is 16.5. The highest BCUT2D eigenvalue weighted by Gasteiger charge is 2.34. The van der Waals surface area contributed by atoms with E-state index in [2.05, 4.69) is 63.4 Å². The fourth-order valence-corrected chi connectivity index (χ4v) is 4.26. The van der Waals surface area contributed by atoms with Crippen LogP contribution >= 0.6 is 0 Å². The van der Waals surface area contributed by atoms with Gasteiger partial charge in [-0.1, -0.05) is 72.2 Å². The molecule has 0 saturated heterocycles. The molecule has 0 aliphatic heterocycles. The normalized spacial score (nSPS) is 19.5. The minimum absolute atomic E-state index is 0.0245. The van der Waals surface area contributed by atoms with Crippen LogP contribution in [-0.2, 0) is 16.1 Å². The molecule has 2 atom stereocenters. The number of nitrogens with one attached hydrogen (secondary N) is 1. The number of allylic oxidation sites excluding steroid dienone is 8. The summed E-state index contributed by atoms with van der Waals surface area (Å²) in [6.07, 6.45) is 13.2. The lowest BCUT2D eigenvalue weighted by Crippen LogP contribution is -2.33. The van der Waals surface area contributed by atoms with Crippen LogP contribution in [0.4, 0.5) is 0 Å². The third-order valence-electron chi connectivity index (χ3n) is 6.53. The van der Waals surface area contributed by atoms with Gasteiger partial charge in [-0.3, -0.25) is 4.79 Å². The molecule has 0 amide bonds. The molecule has 3 nitrogen and oxygen atoms in total. The fraction of sp³-hybridized carbons (Fsp3) is 0.500. The van der Waals surface area contributed by atoms with E-state index in [1.807, 2.05) is 25.1 Å². The van der Waals surface area contributed by atoms with E-state index in [-0.39, 0.29) is 11.7 Å². The van der Waals surface area contributed by atoms with Gasteiger partial charge in [0.2, 0.25) is 5.78 Å². The van der Waals surface area contributed by atoms with Gasteiger partial charge in [-0.15, -0.1) is 0 Å². The highest BCUT2D eigenvalue weighted by molar-refractivity contribution is 5.96. The summed E-state index contributed by atoms with van der Waals surface area (Å²) in [7, 11) is 1.60. The fourth-order valence-electron chi connectivity index (χ4n) is 4.26. The molecule has 2 rings (SSSR count). The van der Waals surface area contributed by atoms with Crippen LogP contribution in [-0.4, -0.2) is 12.9 Å². The van der Waals surface area contributed by atoms with E-state index in [1.54, 1.807) is 7.11 Å². The predicted molar refractivity (Wildman–Crippen MR) is 140 cm³/mol. The van der Waals surface area contributed by atoms with Crippen LogP contribution in [0.3, 0.4) is 0 Å². The Labute approximate surface area is 201 Å². The largest absolute Gasteiger partial charge is 0.491 e. The molecule has 0 aromatic heterocycles. The maximum Gasteiger partial charge on any atom is 0.202 e. The number of Topliss-reactive ketones (excluding diaryl/α,β-unsaturated/α-hetero) is 1. The van der Waals surface area contributed by atoms with Gasteiger partial charge < -0.3 is 10.1 Å². The van der Waals surface area contributed by atoms with Crippen LogP contribution in [0.1, 0.15) is 78.7 Å². The van der Waals surface area contributed by atoms with Crippen molar-refractivity contribution >= 4 is 5.78 Å². The van der Waals surface area contributed by atoms with Crippen LogP contribution in [0.15, 0.2) is 76.7 Å². The first-order valence-corrected chi connectivity index (χ1v) is 12.4. The summed E-state index contributed by atoms with van der Waals surface area (Å²) in [6.45, 7) is 11.5. The summed E-state index contributed by atoms with van der Waals surface area (Å²) in [5.41, 5.74) is 6.41. The van der Waals surface area contributed by atoms with Crippen molar-refractivity contribution in [1.29, 1.82) is 0 Å². The molecule has 1 unspecified atom stereocenters. The number of benzene rings is 1. The maximum absolute atomic E-state index is 13.0. The second-order valence-electron chi connectivity index (χ2n) is 9.66. The Kier molecular flexibility index (Phi) is 11.2. The molecule has 0 bridgehead atoms. The Morgan fingerprint density at radius 1 is 1.00 bits per heavy atom. The molecule has 0 saturated carbocycles. The monoisotopic (exact) mass is 449 g/mol. The number of carbonyl (C=O) groups is 1. The number of carbonyl (C=O) groups excluding carboxylic acids is 1.